The fourth-order valence-corrected chi connectivity index (χ4v) is 5.67. The molecule has 0 saturated carbocycles. The van der Waals surface area contributed by atoms with Crippen molar-refractivity contribution in [2.24, 2.45) is 0 Å². The first-order chi connectivity index (χ1) is 11.1. The largest absolute Gasteiger partial charge is 0.544 e. The summed E-state index contributed by atoms with van der Waals surface area (Å²) in [6.45, 7) is 18.8. The topological polar surface area (TPSA) is 36.9 Å². The van der Waals surface area contributed by atoms with Crippen LogP contribution in [0.15, 0.2) is 24.3 Å². The Morgan fingerprint density at radius 1 is 0.875 bits per heavy atom. The van der Waals surface area contributed by atoms with Crippen molar-refractivity contribution in [2.75, 3.05) is 19.8 Å². The minimum Gasteiger partial charge on any atom is -0.544 e. The molecule has 0 saturated heterocycles. The van der Waals surface area contributed by atoms with Gasteiger partial charge in [-0.1, -0.05) is 32.9 Å². The lowest BCUT2D eigenvalue weighted by molar-refractivity contribution is 0.0858. The second-order valence-corrected chi connectivity index (χ2v) is 14.5. The molecule has 0 amide bonds. The van der Waals surface area contributed by atoms with Gasteiger partial charge >= 0.3 is 8.80 Å². The van der Waals surface area contributed by atoms with E-state index in [1.165, 1.54) is 0 Å². The highest BCUT2D eigenvalue weighted by molar-refractivity contribution is 6.76. The van der Waals surface area contributed by atoms with Crippen molar-refractivity contribution in [1.29, 1.82) is 0 Å². The summed E-state index contributed by atoms with van der Waals surface area (Å²) >= 11 is 0. The summed E-state index contributed by atoms with van der Waals surface area (Å²) in [5.41, 5.74) is 0. The SMILES string of the molecule is CCO[Si](OCC)(OCC)c1cccc(O[Si](C)(C)C(C)(C)C)c1. The molecule has 1 aromatic carbocycles. The smallest absolute Gasteiger partial charge is 0.537 e. The van der Waals surface area contributed by atoms with Gasteiger partial charge in [0.15, 0.2) is 0 Å². The van der Waals surface area contributed by atoms with Crippen molar-refractivity contribution in [1.82, 2.24) is 0 Å². The highest BCUT2D eigenvalue weighted by Gasteiger charge is 2.44. The molecule has 0 atom stereocenters. The fraction of sp³-hybridized carbons (Fsp3) is 0.667. The molecule has 0 radical (unpaired) electrons. The van der Waals surface area contributed by atoms with Crippen LogP contribution in [-0.4, -0.2) is 36.9 Å². The molecule has 6 heteroatoms. The number of hydrogen-bond donors (Lipinski definition) is 0. The highest BCUT2D eigenvalue weighted by atomic mass is 28.4. The van der Waals surface area contributed by atoms with Crippen LogP contribution in [0.2, 0.25) is 18.1 Å². The van der Waals surface area contributed by atoms with Crippen molar-refractivity contribution >= 4 is 22.3 Å². The normalized spacial score (nSPS) is 13.2. The minimum absolute atomic E-state index is 0.150. The molecule has 24 heavy (non-hydrogen) atoms. The van der Waals surface area contributed by atoms with Crippen LogP contribution in [0.1, 0.15) is 41.5 Å². The van der Waals surface area contributed by atoms with E-state index in [4.69, 9.17) is 17.7 Å². The second kappa shape index (κ2) is 8.62. The van der Waals surface area contributed by atoms with Crippen LogP contribution >= 0.6 is 0 Å². The second-order valence-electron chi connectivity index (χ2n) is 7.25. The molecular formula is C18H34O4Si2. The number of hydrogen-bond acceptors (Lipinski definition) is 4. The predicted molar refractivity (Wildman–Crippen MR) is 105 cm³/mol. The van der Waals surface area contributed by atoms with Gasteiger partial charge in [-0.25, -0.2) is 0 Å². The molecule has 0 aliphatic carbocycles. The molecule has 0 N–H and O–H groups in total. The average molecular weight is 371 g/mol. The van der Waals surface area contributed by atoms with E-state index >= 15 is 0 Å². The molecule has 0 spiro atoms. The lowest BCUT2D eigenvalue weighted by Crippen LogP contribution is -2.57. The summed E-state index contributed by atoms with van der Waals surface area (Å²) in [5, 5.41) is 1.11. The maximum Gasteiger partial charge on any atom is 0.537 e. The monoisotopic (exact) mass is 370 g/mol. The Hall–Kier alpha value is -0.666. The maximum absolute atomic E-state index is 6.43. The molecule has 138 valence electrons. The molecule has 0 bridgehead atoms. The first-order valence-corrected chi connectivity index (χ1v) is 13.5. The van der Waals surface area contributed by atoms with Gasteiger partial charge in [-0.05, 0) is 51.0 Å². The minimum atomic E-state index is -2.89. The van der Waals surface area contributed by atoms with Crippen molar-refractivity contribution in [3.8, 4) is 5.75 Å². The van der Waals surface area contributed by atoms with Gasteiger partial charge in [-0.15, -0.1) is 0 Å². The first kappa shape index (κ1) is 21.4. The van der Waals surface area contributed by atoms with Crippen LogP contribution < -0.4 is 9.61 Å². The molecule has 0 fully saturated rings. The first-order valence-electron chi connectivity index (χ1n) is 8.83. The van der Waals surface area contributed by atoms with Gasteiger partial charge in [-0.2, -0.15) is 0 Å². The van der Waals surface area contributed by atoms with E-state index in [9.17, 15) is 0 Å². The van der Waals surface area contributed by atoms with E-state index in [-0.39, 0.29) is 5.04 Å². The van der Waals surface area contributed by atoms with Gasteiger partial charge in [0.05, 0.1) is 0 Å². The summed E-state index contributed by atoms with van der Waals surface area (Å²) in [4.78, 5) is 0. The predicted octanol–water partition coefficient (Wildman–Crippen LogP) is 4.33. The number of rotatable bonds is 9. The van der Waals surface area contributed by atoms with Gasteiger partial charge in [-0.3, -0.25) is 0 Å². The van der Waals surface area contributed by atoms with Gasteiger partial charge < -0.3 is 17.7 Å². The highest BCUT2D eigenvalue weighted by Crippen LogP contribution is 2.37. The summed E-state index contributed by atoms with van der Waals surface area (Å²) in [6.07, 6.45) is 0. The average Bonchev–Trinajstić information content (AvgIpc) is 2.46. The van der Waals surface area contributed by atoms with Crippen molar-refractivity contribution in [3.05, 3.63) is 24.3 Å². The standard InChI is InChI=1S/C18H34O4Si2/c1-9-19-24(20-10-2,21-11-3)17-14-12-13-16(15-17)22-23(7,8)18(4,5)6/h12-15H,9-11H2,1-8H3. The molecule has 0 aliphatic rings. The summed E-state index contributed by atoms with van der Waals surface area (Å²) in [6, 6.07) is 8.06. The van der Waals surface area contributed by atoms with Gasteiger partial charge in [0.25, 0.3) is 0 Å². The van der Waals surface area contributed by atoms with Crippen LogP contribution in [0, 0.1) is 0 Å². The van der Waals surface area contributed by atoms with E-state index in [0.29, 0.717) is 19.8 Å². The fourth-order valence-electron chi connectivity index (χ4n) is 2.14. The van der Waals surface area contributed by atoms with E-state index in [1.54, 1.807) is 0 Å². The Morgan fingerprint density at radius 3 is 1.79 bits per heavy atom. The lowest BCUT2D eigenvalue weighted by atomic mass is 10.2. The molecule has 0 heterocycles. The Kier molecular flexibility index (Phi) is 7.68. The third kappa shape index (κ3) is 5.16. The third-order valence-corrected chi connectivity index (χ3v) is 11.8. The van der Waals surface area contributed by atoms with E-state index in [2.05, 4.69) is 33.9 Å². The van der Waals surface area contributed by atoms with Gasteiger partial charge in [0.2, 0.25) is 8.32 Å². The molecule has 0 unspecified atom stereocenters. The van der Waals surface area contributed by atoms with Crippen LogP contribution in [0.5, 0.6) is 5.75 Å². The third-order valence-electron chi connectivity index (χ3n) is 4.37. The molecular weight excluding hydrogens is 336 g/mol. The molecule has 1 aromatic rings. The quantitative estimate of drug-likeness (QED) is 0.606. The van der Waals surface area contributed by atoms with Crippen molar-refractivity contribution < 1.29 is 17.7 Å². The van der Waals surface area contributed by atoms with Gasteiger partial charge in [0.1, 0.15) is 5.75 Å². The van der Waals surface area contributed by atoms with Crippen LogP contribution in [0.25, 0.3) is 0 Å². The molecule has 0 aliphatic heterocycles. The van der Waals surface area contributed by atoms with Crippen LogP contribution in [-0.2, 0) is 13.3 Å². The summed E-state index contributed by atoms with van der Waals surface area (Å²) in [7, 11) is -4.78. The van der Waals surface area contributed by atoms with E-state index < -0.39 is 17.1 Å². The van der Waals surface area contributed by atoms with E-state index in [1.807, 2.05) is 45.0 Å². The Balaban J connectivity index is 3.20. The lowest BCUT2D eigenvalue weighted by Gasteiger charge is -2.37. The Labute approximate surface area is 150 Å². The molecule has 0 aromatic heterocycles. The van der Waals surface area contributed by atoms with Crippen molar-refractivity contribution in [2.45, 2.75) is 59.7 Å². The number of benzene rings is 1. The zero-order valence-electron chi connectivity index (χ0n) is 16.6. The van der Waals surface area contributed by atoms with Crippen molar-refractivity contribution in [3.63, 3.8) is 0 Å². The molecule has 4 nitrogen and oxygen atoms in total. The molecule has 1 rings (SSSR count). The zero-order valence-corrected chi connectivity index (χ0v) is 18.6. The Bertz CT molecular complexity index is 495. The van der Waals surface area contributed by atoms with Crippen LogP contribution in [0.3, 0.4) is 0 Å². The van der Waals surface area contributed by atoms with Crippen LogP contribution in [0.4, 0.5) is 0 Å². The summed E-state index contributed by atoms with van der Waals surface area (Å²) < 4.78 is 24.4. The maximum atomic E-state index is 6.43. The van der Waals surface area contributed by atoms with E-state index in [0.717, 1.165) is 10.9 Å². The van der Waals surface area contributed by atoms with Gasteiger partial charge in [0, 0.05) is 25.0 Å². The summed E-state index contributed by atoms with van der Waals surface area (Å²) in [5.74, 6) is 0.870. The Morgan fingerprint density at radius 2 is 1.38 bits per heavy atom. The zero-order chi connectivity index (χ0) is 18.4.